The van der Waals surface area contributed by atoms with Crippen molar-refractivity contribution in [1.29, 1.82) is 0 Å². The first-order valence-electron chi connectivity index (χ1n) is 7.11. The summed E-state index contributed by atoms with van der Waals surface area (Å²) in [6, 6.07) is 5.10. The van der Waals surface area contributed by atoms with Crippen LogP contribution in [0.15, 0.2) is 23.0 Å². The van der Waals surface area contributed by atoms with E-state index in [9.17, 15) is 9.59 Å². The van der Waals surface area contributed by atoms with Crippen LogP contribution in [-0.4, -0.2) is 26.5 Å². The highest BCUT2D eigenvalue weighted by Crippen LogP contribution is 2.25. The highest BCUT2D eigenvalue weighted by molar-refractivity contribution is 6.31. The molecule has 0 unspecified atom stereocenters. The number of carbonyl (C=O) groups is 1. The van der Waals surface area contributed by atoms with E-state index in [4.69, 9.17) is 16.3 Å². The number of nitrogens with one attached hydrogen (secondary N) is 1. The van der Waals surface area contributed by atoms with E-state index in [1.165, 1.54) is 0 Å². The number of benzene rings is 1. The molecule has 0 bridgehead atoms. The Labute approximate surface area is 137 Å². The molecule has 3 rings (SSSR count). The van der Waals surface area contributed by atoms with Crippen molar-refractivity contribution in [1.82, 2.24) is 14.8 Å². The van der Waals surface area contributed by atoms with Crippen molar-refractivity contribution in [2.24, 2.45) is 0 Å². The smallest absolute Gasteiger partial charge is 0.435 e. The molecule has 1 N–H and O–H groups in total. The number of halogens is 1. The number of hydrogen-bond donors (Lipinski definition) is 1. The van der Waals surface area contributed by atoms with Crippen molar-refractivity contribution >= 4 is 39.5 Å². The molecule has 0 aliphatic carbocycles. The van der Waals surface area contributed by atoms with Crippen molar-refractivity contribution in [3.63, 3.8) is 0 Å². The second kappa shape index (κ2) is 5.09. The molecule has 2 heterocycles. The van der Waals surface area contributed by atoms with Gasteiger partial charge in [-0.15, -0.1) is 0 Å². The van der Waals surface area contributed by atoms with E-state index in [0.29, 0.717) is 32.5 Å². The van der Waals surface area contributed by atoms with Gasteiger partial charge in [0.1, 0.15) is 11.1 Å². The van der Waals surface area contributed by atoms with Crippen LogP contribution in [0, 0.1) is 6.92 Å². The molecule has 120 valence electrons. The van der Waals surface area contributed by atoms with Gasteiger partial charge in [0.25, 0.3) is 5.56 Å². The van der Waals surface area contributed by atoms with E-state index in [1.54, 1.807) is 45.9 Å². The fourth-order valence-corrected chi connectivity index (χ4v) is 2.62. The lowest BCUT2D eigenvalue weighted by atomic mass is 10.1. The Balaban J connectivity index is 2.31. The van der Waals surface area contributed by atoms with Crippen LogP contribution in [0.25, 0.3) is 21.8 Å². The number of aryl methyl sites for hydroxylation is 1. The molecule has 6 nitrogen and oxygen atoms in total. The van der Waals surface area contributed by atoms with Gasteiger partial charge in [-0.1, -0.05) is 11.6 Å². The van der Waals surface area contributed by atoms with Crippen LogP contribution in [0.4, 0.5) is 4.79 Å². The molecule has 0 aliphatic rings. The lowest BCUT2D eigenvalue weighted by Crippen LogP contribution is -2.28. The van der Waals surface area contributed by atoms with Gasteiger partial charge in [0.2, 0.25) is 0 Å². The number of hydrogen-bond acceptors (Lipinski definition) is 4. The van der Waals surface area contributed by atoms with E-state index in [2.05, 4.69) is 10.1 Å². The Morgan fingerprint density at radius 1 is 1.35 bits per heavy atom. The van der Waals surface area contributed by atoms with Crippen molar-refractivity contribution in [3.05, 3.63) is 39.3 Å². The SMILES string of the molecule is Cc1c2c(=O)[nH]c3ccc(Cl)cc3c2nn1C(=O)OC(C)(C)C. The van der Waals surface area contributed by atoms with Crippen molar-refractivity contribution < 1.29 is 9.53 Å². The van der Waals surface area contributed by atoms with Crippen LogP contribution in [0.1, 0.15) is 26.5 Å². The summed E-state index contributed by atoms with van der Waals surface area (Å²) in [6.07, 6.45) is -0.624. The van der Waals surface area contributed by atoms with Crippen LogP contribution in [0.2, 0.25) is 5.02 Å². The quantitative estimate of drug-likeness (QED) is 0.681. The van der Waals surface area contributed by atoms with Gasteiger partial charge < -0.3 is 9.72 Å². The fraction of sp³-hybridized carbons (Fsp3) is 0.312. The van der Waals surface area contributed by atoms with Gasteiger partial charge in [0.15, 0.2) is 0 Å². The van der Waals surface area contributed by atoms with Gasteiger partial charge in [-0.2, -0.15) is 9.78 Å². The molecule has 0 fully saturated rings. The standard InChI is InChI=1S/C16H16ClN3O3/c1-8-12-13(19-20(8)15(22)23-16(2,3)4)10-7-9(17)5-6-11(10)18-14(12)21/h5-7H,1-4H3,(H,18,21). The third-order valence-electron chi connectivity index (χ3n) is 3.39. The zero-order valence-corrected chi connectivity index (χ0v) is 14.0. The highest BCUT2D eigenvalue weighted by Gasteiger charge is 2.23. The maximum absolute atomic E-state index is 12.3. The summed E-state index contributed by atoms with van der Waals surface area (Å²) in [5.41, 5.74) is 0.509. The van der Waals surface area contributed by atoms with Gasteiger partial charge in [-0.25, -0.2) is 4.79 Å². The molecule has 0 aliphatic heterocycles. The summed E-state index contributed by atoms with van der Waals surface area (Å²) in [5.74, 6) is 0. The first kappa shape index (κ1) is 15.6. The molecule has 3 aromatic rings. The maximum Gasteiger partial charge on any atom is 0.435 e. The molecule has 0 saturated heterocycles. The summed E-state index contributed by atoms with van der Waals surface area (Å²) >= 11 is 6.04. The summed E-state index contributed by atoms with van der Waals surface area (Å²) < 4.78 is 6.45. The molecule has 0 amide bonds. The Hall–Kier alpha value is -2.34. The largest absolute Gasteiger partial charge is 0.442 e. The van der Waals surface area contributed by atoms with E-state index >= 15 is 0 Å². The van der Waals surface area contributed by atoms with Crippen LogP contribution in [-0.2, 0) is 4.74 Å². The lowest BCUT2D eigenvalue weighted by Gasteiger charge is -2.19. The molecule has 0 spiro atoms. The highest BCUT2D eigenvalue weighted by atomic mass is 35.5. The maximum atomic E-state index is 12.3. The van der Waals surface area contributed by atoms with Gasteiger partial charge in [-0.05, 0) is 45.9 Å². The van der Waals surface area contributed by atoms with E-state index < -0.39 is 11.7 Å². The Bertz CT molecular complexity index is 996. The Morgan fingerprint density at radius 3 is 2.70 bits per heavy atom. The van der Waals surface area contributed by atoms with E-state index in [0.717, 1.165) is 4.68 Å². The van der Waals surface area contributed by atoms with E-state index in [1.807, 2.05) is 0 Å². The zero-order valence-electron chi connectivity index (χ0n) is 13.2. The van der Waals surface area contributed by atoms with Gasteiger partial charge in [-0.3, -0.25) is 4.79 Å². The van der Waals surface area contributed by atoms with Crippen LogP contribution in [0.3, 0.4) is 0 Å². The van der Waals surface area contributed by atoms with Gasteiger partial charge >= 0.3 is 6.09 Å². The number of H-pyrrole nitrogens is 1. The fourth-order valence-electron chi connectivity index (χ4n) is 2.45. The number of aromatic amines is 1. The van der Waals surface area contributed by atoms with Crippen molar-refractivity contribution in [2.75, 3.05) is 0 Å². The number of carbonyl (C=O) groups excluding carboxylic acids is 1. The number of aromatic nitrogens is 3. The molecule has 0 atom stereocenters. The third kappa shape index (κ3) is 2.70. The van der Waals surface area contributed by atoms with Crippen molar-refractivity contribution in [2.45, 2.75) is 33.3 Å². The second-order valence-electron chi connectivity index (χ2n) is 6.35. The predicted octanol–water partition coefficient (Wildman–Crippen LogP) is 3.62. The summed E-state index contributed by atoms with van der Waals surface area (Å²) in [4.78, 5) is 27.4. The first-order valence-corrected chi connectivity index (χ1v) is 7.49. The molecule has 1 aromatic carbocycles. The van der Waals surface area contributed by atoms with Crippen LogP contribution >= 0.6 is 11.6 Å². The normalized spacial score (nSPS) is 12.0. The minimum atomic E-state index is -0.653. The van der Waals surface area contributed by atoms with Crippen LogP contribution in [0.5, 0.6) is 0 Å². The summed E-state index contributed by atoms with van der Waals surface area (Å²) in [7, 11) is 0. The number of rotatable bonds is 0. The Kier molecular flexibility index (Phi) is 3.44. The summed E-state index contributed by atoms with van der Waals surface area (Å²) in [5, 5.41) is 5.84. The topological polar surface area (TPSA) is 77.0 Å². The minimum absolute atomic E-state index is 0.304. The molecule has 2 aromatic heterocycles. The minimum Gasteiger partial charge on any atom is -0.442 e. The molecular weight excluding hydrogens is 318 g/mol. The van der Waals surface area contributed by atoms with Gasteiger partial charge in [0, 0.05) is 10.4 Å². The molecule has 0 saturated carbocycles. The predicted molar refractivity (Wildman–Crippen MR) is 89.2 cm³/mol. The second-order valence-corrected chi connectivity index (χ2v) is 6.78. The van der Waals surface area contributed by atoms with Crippen molar-refractivity contribution in [3.8, 4) is 0 Å². The van der Waals surface area contributed by atoms with E-state index in [-0.39, 0.29) is 5.56 Å². The average Bonchev–Trinajstić information content (AvgIpc) is 2.77. The average molecular weight is 334 g/mol. The molecular formula is C16H16ClN3O3. The summed E-state index contributed by atoms with van der Waals surface area (Å²) in [6.45, 7) is 6.97. The zero-order chi connectivity index (χ0) is 16.9. The number of pyridine rings is 1. The number of nitrogens with zero attached hydrogens (tertiary/aromatic N) is 2. The Morgan fingerprint density at radius 2 is 2.04 bits per heavy atom. The lowest BCUT2D eigenvalue weighted by molar-refractivity contribution is 0.0512. The first-order chi connectivity index (χ1) is 10.7. The number of ether oxygens (including phenoxy) is 1. The van der Waals surface area contributed by atoms with Gasteiger partial charge in [0.05, 0.1) is 16.6 Å². The molecule has 23 heavy (non-hydrogen) atoms. The van der Waals surface area contributed by atoms with Crippen LogP contribution < -0.4 is 5.56 Å². The number of fused-ring (bicyclic) bond motifs is 3. The molecule has 0 radical (unpaired) electrons. The molecule has 7 heteroatoms. The third-order valence-corrected chi connectivity index (χ3v) is 3.63. The monoisotopic (exact) mass is 333 g/mol.